The fourth-order valence-corrected chi connectivity index (χ4v) is 1.82. The molecular formula is C11H21NO3. The van der Waals surface area contributed by atoms with Crippen molar-refractivity contribution >= 4 is 6.09 Å². The molecule has 0 spiro atoms. The van der Waals surface area contributed by atoms with Gasteiger partial charge in [0.15, 0.2) is 0 Å². The normalized spacial score (nSPS) is 21.5. The van der Waals surface area contributed by atoms with Gasteiger partial charge in [-0.2, -0.15) is 0 Å². The number of carbonyl (C=O) groups excluding carboxylic acids is 1. The topological polar surface area (TPSA) is 49.8 Å². The van der Waals surface area contributed by atoms with E-state index in [2.05, 4.69) is 6.92 Å². The van der Waals surface area contributed by atoms with Gasteiger partial charge >= 0.3 is 6.09 Å². The zero-order chi connectivity index (χ0) is 11.1. The lowest BCUT2D eigenvalue weighted by atomic mass is 10.0. The van der Waals surface area contributed by atoms with E-state index in [4.69, 9.17) is 9.84 Å². The van der Waals surface area contributed by atoms with Crippen molar-refractivity contribution in [1.29, 1.82) is 0 Å². The third kappa shape index (κ3) is 3.70. The van der Waals surface area contributed by atoms with Crippen molar-refractivity contribution in [1.82, 2.24) is 4.90 Å². The zero-order valence-electron chi connectivity index (χ0n) is 9.45. The Bertz CT molecular complexity index is 196. The number of likely N-dealkylation sites (tertiary alicyclic amines) is 1. The second-order valence-electron chi connectivity index (χ2n) is 3.99. The van der Waals surface area contributed by atoms with Crippen LogP contribution in [0.2, 0.25) is 0 Å². The maximum atomic E-state index is 11.6. The number of amides is 1. The van der Waals surface area contributed by atoms with Gasteiger partial charge in [0.25, 0.3) is 0 Å². The maximum Gasteiger partial charge on any atom is 0.410 e. The minimum absolute atomic E-state index is 0.0344. The molecule has 1 heterocycles. The second-order valence-corrected chi connectivity index (χ2v) is 3.99. The monoisotopic (exact) mass is 215 g/mol. The van der Waals surface area contributed by atoms with Crippen molar-refractivity contribution in [3.63, 3.8) is 0 Å². The van der Waals surface area contributed by atoms with E-state index in [9.17, 15) is 4.79 Å². The summed E-state index contributed by atoms with van der Waals surface area (Å²) in [6, 6.07) is -0.0344. The molecule has 4 heteroatoms. The quantitative estimate of drug-likeness (QED) is 0.727. The van der Waals surface area contributed by atoms with E-state index in [1.165, 1.54) is 0 Å². The van der Waals surface area contributed by atoms with Crippen LogP contribution in [0, 0.1) is 0 Å². The maximum absolute atomic E-state index is 11.6. The number of rotatable bonds is 4. The molecule has 1 saturated heterocycles. The third-order valence-corrected chi connectivity index (χ3v) is 2.80. The number of carbonyl (C=O) groups is 1. The van der Waals surface area contributed by atoms with Crippen molar-refractivity contribution in [3.8, 4) is 0 Å². The van der Waals surface area contributed by atoms with Gasteiger partial charge in [0.2, 0.25) is 0 Å². The fraction of sp³-hybridized carbons (Fsp3) is 0.909. The Morgan fingerprint density at radius 3 is 3.00 bits per heavy atom. The summed E-state index contributed by atoms with van der Waals surface area (Å²) in [6.07, 6.45) is 4.66. The summed E-state index contributed by atoms with van der Waals surface area (Å²) in [5.74, 6) is 0. The van der Waals surface area contributed by atoms with Crippen LogP contribution in [-0.4, -0.2) is 41.9 Å². The van der Waals surface area contributed by atoms with E-state index < -0.39 is 0 Å². The van der Waals surface area contributed by atoms with Crippen LogP contribution in [0.4, 0.5) is 4.79 Å². The highest BCUT2D eigenvalue weighted by Crippen LogP contribution is 2.17. The van der Waals surface area contributed by atoms with Crippen molar-refractivity contribution in [2.75, 3.05) is 19.8 Å². The van der Waals surface area contributed by atoms with Crippen LogP contribution < -0.4 is 0 Å². The van der Waals surface area contributed by atoms with Gasteiger partial charge in [0, 0.05) is 6.54 Å². The summed E-state index contributed by atoms with van der Waals surface area (Å²) in [5.41, 5.74) is 0. The SMILES string of the molecule is CCCCOC(=O)N1CCCC[C@@H]1CO. The molecule has 1 aliphatic rings. The molecule has 88 valence electrons. The molecule has 0 aliphatic carbocycles. The first-order valence-electron chi connectivity index (χ1n) is 5.83. The highest BCUT2D eigenvalue weighted by molar-refractivity contribution is 5.68. The minimum Gasteiger partial charge on any atom is -0.449 e. The van der Waals surface area contributed by atoms with Crippen LogP contribution in [0.15, 0.2) is 0 Å². The van der Waals surface area contributed by atoms with Crippen LogP contribution in [0.1, 0.15) is 39.0 Å². The van der Waals surface area contributed by atoms with Crippen LogP contribution in [0.5, 0.6) is 0 Å². The average Bonchev–Trinajstić information content (AvgIpc) is 2.29. The van der Waals surface area contributed by atoms with Crippen LogP contribution in [0.25, 0.3) is 0 Å². The molecule has 1 N–H and O–H groups in total. The Morgan fingerprint density at radius 2 is 2.33 bits per heavy atom. The van der Waals surface area contributed by atoms with Crippen molar-refractivity contribution in [2.24, 2.45) is 0 Å². The lowest BCUT2D eigenvalue weighted by Crippen LogP contribution is -2.45. The summed E-state index contributed by atoms with van der Waals surface area (Å²) < 4.78 is 5.13. The number of piperidine rings is 1. The molecule has 0 unspecified atom stereocenters. The molecule has 1 rings (SSSR count). The van der Waals surface area contributed by atoms with Gasteiger partial charge in [-0.3, -0.25) is 0 Å². The van der Waals surface area contributed by atoms with Crippen molar-refractivity contribution < 1.29 is 14.6 Å². The first-order valence-corrected chi connectivity index (χ1v) is 5.83. The molecule has 0 aromatic heterocycles. The molecule has 1 aliphatic heterocycles. The number of nitrogens with zero attached hydrogens (tertiary/aromatic N) is 1. The molecule has 0 aromatic rings. The predicted molar refractivity (Wildman–Crippen MR) is 57.7 cm³/mol. The van der Waals surface area contributed by atoms with Gasteiger partial charge in [0.1, 0.15) is 0 Å². The Morgan fingerprint density at radius 1 is 1.53 bits per heavy atom. The summed E-state index contributed by atoms with van der Waals surface area (Å²) in [4.78, 5) is 13.3. The molecular weight excluding hydrogens is 194 g/mol. The van der Waals surface area contributed by atoms with E-state index in [-0.39, 0.29) is 18.7 Å². The lowest BCUT2D eigenvalue weighted by molar-refractivity contribution is 0.0533. The molecule has 1 fully saturated rings. The Kier molecular flexibility index (Phi) is 5.47. The Labute approximate surface area is 91.2 Å². The van der Waals surface area contributed by atoms with Gasteiger partial charge in [-0.25, -0.2) is 4.79 Å². The van der Waals surface area contributed by atoms with Gasteiger partial charge < -0.3 is 14.7 Å². The molecule has 0 saturated carbocycles. The van der Waals surface area contributed by atoms with Crippen molar-refractivity contribution in [2.45, 2.75) is 45.1 Å². The van der Waals surface area contributed by atoms with Gasteiger partial charge in [-0.1, -0.05) is 13.3 Å². The second kappa shape index (κ2) is 6.67. The van der Waals surface area contributed by atoms with Gasteiger partial charge in [0.05, 0.1) is 19.3 Å². The Balaban J connectivity index is 2.34. The summed E-state index contributed by atoms with van der Waals surface area (Å²) >= 11 is 0. The highest BCUT2D eigenvalue weighted by atomic mass is 16.6. The summed E-state index contributed by atoms with van der Waals surface area (Å²) in [5, 5.41) is 9.13. The standard InChI is InChI=1S/C11H21NO3/c1-2-3-8-15-11(14)12-7-5-4-6-10(12)9-13/h10,13H,2-9H2,1H3/t10-/m1/s1. The predicted octanol–water partition coefficient (Wildman–Crippen LogP) is 1.77. The molecule has 1 atom stereocenters. The molecule has 4 nitrogen and oxygen atoms in total. The van der Waals surface area contributed by atoms with Gasteiger partial charge in [-0.15, -0.1) is 0 Å². The number of aliphatic hydroxyl groups is 1. The van der Waals surface area contributed by atoms with Crippen LogP contribution in [0.3, 0.4) is 0 Å². The molecule has 15 heavy (non-hydrogen) atoms. The van der Waals surface area contributed by atoms with Crippen LogP contribution in [-0.2, 0) is 4.74 Å². The van der Waals surface area contributed by atoms with E-state index in [1.807, 2.05) is 0 Å². The number of hydrogen-bond donors (Lipinski definition) is 1. The van der Waals surface area contributed by atoms with E-state index in [0.29, 0.717) is 6.61 Å². The number of aliphatic hydroxyl groups excluding tert-OH is 1. The smallest absolute Gasteiger partial charge is 0.410 e. The zero-order valence-corrected chi connectivity index (χ0v) is 9.45. The summed E-state index contributed by atoms with van der Waals surface area (Å²) in [7, 11) is 0. The molecule has 1 amide bonds. The first kappa shape index (κ1) is 12.3. The van der Waals surface area contributed by atoms with Crippen molar-refractivity contribution in [3.05, 3.63) is 0 Å². The lowest BCUT2D eigenvalue weighted by Gasteiger charge is -2.33. The van der Waals surface area contributed by atoms with E-state index >= 15 is 0 Å². The number of unbranched alkanes of at least 4 members (excludes halogenated alkanes) is 1. The van der Waals surface area contributed by atoms with E-state index in [1.54, 1.807) is 4.90 Å². The first-order chi connectivity index (χ1) is 7.29. The number of ether oxygens (including phenoxy) is 1. The molecule has 0 radical (unpaired) electrons. The fourth-order valence-electron chi connectivity index (χ4n) is 1.82. The molecule has 0 bridgehead atoms. The largest absolute Gasteiger partial charge is 0.449 e. The molecule has 0 aromatic carbocycles. The minimum atomic E-state index is -0.262. The van der Waals surface area contributed by atoms with Gasteiger partial charge in [-0.05, 0) is 25.7 Å². The number of hydrogen-bond acceptors (Lipinski definition) is 3. The highest BCUT2D eigenvalue weighted by Gasteiger charge is 2.26. The van der Waals surface area contributed by atoms with Crippen LogP contribution >= 0.6 is 0 Å². The third-order valence-electron chi connectivity index (χ3n) is 2.80. The summed E-state index contributed by atoms with van der Waals surface area (Å²) in [6.45, 7) is 3.31. The van der Waals surface area contributed by atoms with E-state index in [0.717, 1.165) is 38.6 Å². The Hall–Kier alpha value is -0.770. The average molecular weight is 215 g/mol.